The van der Waals surface area contributed by atoms with Crippen LogP contribution < -0.4 is 0 Å². The SMILES string of the molecule is CC1CC[C@@H](C)C(=O)C(O)(C(=O)N2CCC[C@H]2C(=O)O)O1. The maximum atomic E-state index is 12.6. The van der Waals surface area contributed by atoms with Crippen molar-refractivity contribution < 1.29 is 29.3 Å². The van der Waals surface area contributed by atoms with Crippen LogP contribution in [0.5, 0.6) is 0 Å². The van der Waals surface area contributed by atoms with Gasteiger partial charge in [-0.25, -0.2) is 4.79 Å². The fourth-order valence-electron chi connectivity index (χ4n) is 2.97. The lowest BCUT2D eigenvalue weighted by molar-refractivity contribution is -0.225. The van der Waals surface area contributed by atoms with Crippen molar-refractivity contribution in [3.8, 4) is 0 Å². The molecule has 0 aromatic carbocycles. The highest BCUT2D eigenvalue weighted by Gasteiger charge is 2.54. The number of ether oxygens (including phenoxy) is 1. The van der Waals surface area contributed by atoms with E-state index < -0.39 is 41.5 Å². The predicted octanol–water partition coefficient (Wildman–Crippen LogP) is 0.155. The molecule has 2 fully saturated rings. The number of nitrogens with zero attached hydrogens (tertiary/aromatic N) is 1. The summed E-state index contributed by atoms with van der Waals surface area (Å²) in [5.41, 5.74) is 0. The van der Waals surface area contributed by atoms with Crippen molar-refractivity contribution in [3.05, 3.63) is 0 Å². The lowest BCUT2D eigenvalue weighted by Gasteiger charge is -2.32. The number of carbonyl (C=O) groups is 3. The third kappa shape index (κ3) is 2.80. The molecule has 118 valence electrons. The van der Waals surface area contributed by atoms with Gasteiger partial charge in [0.2, 0.25) is 5.78 Å². The fourth-order valence-corrected chi connectivity index (χ4v) is 2.97. The predicted molar refractivity (Wildman–Crippen MR) is 71.3 cm³/mol. The number of likely N-dealkylation sites (tertiary alicyclic amines) is 1. The normalized spacial score (nSPS) is 37.4. The van der Waals surface area contributed by atoms with Crippen molar-refractivity contribution in [1.82, 2.24) is 4.90 Å². The van der Waals surface area contributed by atoms with E-state index in [-0.39, 0.29) is 6.54 Å². The van der Waals surface area contributed by atoms with Crippen molar-refractivity contribution in [1.29, 1.82) is 0 Å². The molecular formula is C14H21NO6. The van der Waals surface area contributed by atoms with Gasteiger partial charge >= 0.3 is 11.8 Å². The van der Waals surface area contributed by atoms with Crippen LogP contribution in [0.4, 0.5) is 0 Å². The lowest BCUT2D eigenvalue weighted by atomic mass is 9.94. The summed E-state index contributed by atoms with van der Waals surface area (Å²) in [5, 5.41) is 19.7. The molecule has 4 atom stereocenters. The number of hydrogen-bond donors (Lipinski definition) is 2. The first-order chi connectivity index (χ1) is 9.77. The van der Waals surface area contributed by atoms with Crippen molar-refractivity contribution >= 4 is 17.7 Å². The highest BCUT2D eigenvalue weighted by Crippen LogP contribution is 2.30. The number of rotatable bonds is 2. The molecule has 2 aliphatic rings. The first kappa shape index (κ1) is 15.9. The maximum Gasteiger partial charge on any atom is 0.326 e. The minimum Gasteiger partial charge on any atom is -0.480 e. The van der Waals surface area contributed by atoms with Gasteiger partial charge in [-0.15, -0.1) is 0 Å². The zero-order chi connectivity index (χ0) is 15.8. The molecule has 0 radical (unpaired) electrons. The Hall–Kier alpha value is -1.47. The van der Waals surface area contributed by atoms with Crippen LogP contribution in [-0.4, -0.2) is 57.3 Å². The Morgan fingerprint density at radius 1 is 1.29 bits per heavy atom. The highest BCUT2D eigenvalue weighted by molar-refractivity contribution is 6.09. The smallest absolute Gasteiger partial charge is 0.326 e. The molecule has 2 unspecified atom stereocenters. The molecule has 7 nitrogen and oxygen atoms in total. The largest absolute Gasteiger partial charge is 0.480 e. The van der Waals surface area contributed by atoms with Gasteiger partial charge in [-0.2, -0.15) is 0 Å². The Balaban J connectivity index is 2.30. The first-order valence-corrected chi connectivity index (χ1v) is 7.25. The van der Waals surface area contributed by atoms with E-state index in [9.17, 15) is 19.5 Å². The van der Waals surface area contributed by atoms with Crippen molar-refractivity contribution in [2.24, 2.45) is 5.92 Å². The lowest BCUT2D eigenvalue weighted by Crippen LogP contribution is -2.59. The van der Waals surface area contributed by atoms with Crippen LogP contribution in [-0.2, 0) is 19.1 Å². The molecule has 1 amide bonds. The van der Waals surface area contributed by atoms with Crippen molar-refractivity contribution in [2.75, 3.05) is 6.54 Å². The number of hydrogen-bond acceptors (Lipinski definition) is 5. The number of aliphatic hydroxyl groups is 1. The van der Waals surface area contributed by atoms with E-state index in [1.54, 1.807) is 13.8 Å². The van der Waals surface area contributed by atoms with Gasteiger partial charge in [-0.05, 0) is 32.6 Å². The molecule has 2 heterocycles. The van der Waals surface area contributed by atoms with Crippen LogP contribution in [0.15, 0.2) is 0 Å². The molecule has 0 aliphatic carbocycles. The van der Waals surface area contributed by atoms with Gasteiger partial charge in [-0.1, -0.05) is 6.92 Å². The molecule has 0 aromatic heterocycles. The van der Waals surface area contributed by atoms with Gasteiger partial charge in [0.1, 0.15) is 6.04 Å². The summed E-state index contributed by atoms with van der Waals surface area (Å²) in [5.74, 6) is -5.83. The summed E-state index contributed by atoms with van der Waals surface area (Å²) in [6.07, 6.45) is 1.48. The third-order valence-corrected chi connectivity index (χ3v) is 4.25. The Labute approximate surface area is 122 Å². The second-order valence-electron chi connectivity index (χ2n) is 5.91. The van der Waals surface area contributed by atoms with Crippen LogP contribution >= 0.6 is 0 Å². The Morgan fingerprint density at radius 2 is 1.95 bits per heavy atom. The molecular weight excluding hydrogens is 278 g/mol. The van der Waals surface area contributed by atoms with Crippen LogP contribution in [0, 0.1) is 5.92 Å². The standard InChI is InChI=1S/C14H21NO6/c1-8-5-6-9(2)21-14(20,11(8)16)13(19)15-7-3-4-10(15)12(17)18/h8-10,20H,3-7H2,1-2H3,(H,17,18)/t8-,9?,10+,14?/m1/s1. The Bertz CT molecular complexity index is 464. The molecule has 0 aromatic rings. The van der Waals surface area contributed by atoms with Gasteiger partial charge in [0.15, 0.2) is 0 Å². The average molecular weight is 299 g/mol. The van der Waals surface area contributed by atoms with Gasteiger partial charge in [0, 0.05) is 12.5 Å². The molecule has 0 saturated carbocycles. The van der Waals surface area contributed by atoms with E-state index in [1.807, 2.05) is 0 Å². The second kappa shape index (κ2) is 5.73. The maximum absolute atomic E-state index is 12.6. The molecule has 2 N–H and O–H groups in total. The summed E-state index contributed by atoms with van der Waals surface area (Å²) >= 11 is 0. The summed E-state index contributed by atoms with van der Waals surface area (Å²) in [4.78, 5) is 37.1. The number of carbonyl (C=O) groups excluding carboxylic acids is 2. The minimum absolute atomic E-state index is 0.206. The van der Waals surface area contributed by atoms with Crippen LogP contribution in [0.2, 0.25) is 0 Å². The average Bonchev–Trinajstić information content (AvgIpc) is 2.88. The first-order valence-electron chi connectivity index (χ1n) is 7.25. The van der Waals surface area contributed by atoms with Crippen molar-refractivity contribution in [3.63, 3.8) is 0 Å². The van der Waals surface area contributed by atoms with Crippen LogP contribution in [0.25, 0.3) is 0 Å². The zero-order valence-electron chi connectivity index (χ0n) is 12.2. The monoisotopic (exact) mass is 299 g/mol. The Kier molecular flexibility index (Phi) is 4.34. The number of aliphatic carboxylic acids is 1. The molecule has 2 rings (SSSR count). The minimum atomic E-state index is -2.56. The molecule has 0 spiro atoms. The van der Waals surface area contributed by atoms with Gasteiger partial charge in [0.05, 0.1) is 6.10 Å². The molecule has 0 bridgehead atoms. The van der Waals surface area contributed by atoms with Crippen LogP contribution in [0.1, 0.15) is 39.5 Å². The van der Waals surface area contributed by atoms with E-state index in [1.165, 1.54) is 0 Å². The molecule has 7 heteroatoms. The number of Topliss-reactive ketones (excluding diaryl/α,β-unsaturated/α-hetero) is 1. The van der Waals surface area contributed by atoms with Crippen molar-refractivity contribution in [2.45, 2.75) is 57.5 Å². The summed E-state index contributed by atoms with van der Waals surface area (Å²) in [7, 11) is 0. The molecule has 21 heavy (non-hydrogen) atoms. The summed E-state index contributed by atoms with van der Waals surface area (Å²) < 4.78 is 5.31. The topological polar surface area (TPSA) is 104 Å². The fraction of sp³-hybridized carbons (Fsp3) is 0.786. The van der Waals surface area contributed by atoms with Gasteiger partial charge < -0.3 is 19.8 Å². The third-order valence-electron chi connectivity index (χ3n) is 4.25. The van der Waals surface area contributed by atoms with E-state index in [0.717, 1.165) is 4.90 Å². The number of carboxylic acid groups (broad SMARTS) is 1. The van der Waals surface area contributed by atoms with Gasteiger partial charge in [-0.3, -0.25) is 9.59 Å². The number of ketones is 1. The second-order valence-corrected chi connectivity index (χ2v) is 5.91. The summed E-state index contributed by atoms with van der Waals surface area (Å²) in [6, 6.07) is -1.01. The molecule has 2 aliphatic heterocycles. The van der Waals surface area contributed by atoms with E-state index >= 15 is 0 Å². The zero-order valence-corrected chi connectivity index (χ0v) is 12.2. The Morgan fingerprint density at radius 3 is 2.57 bits per heavy atom. The number of carboxylic acids is 1. The van der Waals surface area contributed by atoms with Crippen LogP contribution in [0.3, 0.4) is 0 Å². The number of amides is 1. The van der Waals surface area contributed by atoms with Gasteiger partial charge in [0.25, 0.3) is 5.91 Å². The quantitative estimate of drug-likeness (QED) is 0.704. The van der Waals surface area contributed by atoms with E-state index in [0.29, 0.717) is 25.7 Å². The van der Waals surface area contributed by atoms with E-state index in [4.69, 9.17) is 9.84 Å². The highest BCUT2D eigenvalue weighted by atomic mass is 16.6. The molecule has 2 saturated heterocycles. The van der Waals surface area contributed by atoms with E-state index in [2.05, 4.69) is 0 Å². The summed E-state index contributed by atoms with van der Waals surface area (Å²) in [6.45, 7) is 3.53.